The van der Waals surface area contributed by atoms with Crippen molar-refractivity contribution < 1.29 is 14.7 Å². The Kier molecular flexibility index (Phi) is 6.32. The van der Waals surface area contributed by atoms with Gasteiger partial charge in [0.15, 0.2) is 0 Å². The van der Waals surface area contributed by atoms with E-state index in [1.165, 1.54) is 0 Å². The van der Waals surface area contributed by atoms with Crippen LogP contribution in [0.2, 0.25) is 5.02 Å². The first-order valence-corrected chi connectivity index (χ1v) is 6.39. The lowest BCUT2D eigenvalue weighted by Crippen LogP contribution is -2.43. The van der Waals surface area contributed by atoms with Gasteiger partial charge < -0.3 is 15.7 Å². The third kappa shape index (κ3) is 4.89. The maximum absolute atomic E-state index is 11.8. The first-order chi connectivity index (χ1) is 9.08. The van der Waals surface area contributed by atoms with E-state index in [0.29, 0.717) is 17.0 Å². The van der Waals surface area contributed by atoms with E-state index in [4.69, 9.17) is 16.7 Å². The van der Waals surface area contributed by atoms with E-state index >= 15 is 0 Å². The summed E-state index contributed by atoms with van der Waals surface area (Å²) in [5.74, 6) is -0.751. The topological polar surface area (TPSA) is 78.4 Å². The summed E-state index contributed by atoms with van der Waals surface area (Å²) < 4.78 is 0. The van der Waals surface area contributed by atoms with E-state index in [1.54, 1.807) is 24.3 Å². The van der Waals surface area contributed by atoms with Crippen molar-refractivity contribution in [2.75, 3.05) is 13.2 Å². The van der Waals surface area contributed by atoms with Crippen LogP contribution in [0.4, 0.5) is 0 Å². The Bertz CT molecular complexity index is 447. The van der Waals surface area contributed by atoms with Gasteiger partial charge in [-0.15, -0.1) is 0 Å². The molecule has 0 aliphatic rings. The molecule has 1 aromatic carbocycles. The predicted molar refractivity (Wildman–Crippen MR) is 73.1 cm³/mol. The molecule has 0 fully saturated rings. The third-order valence-corrected chi connectivity index (χ3v) is 2.94. The number of carbonyl (C=O) groups is 2. The molecule has 0 aliphatic heterocycles. The average molecular weight is 285 g/mol. The van der Waals surface area contributed by atoms with Crippen LogP contribution in [0.25, 0.3) is 0 Å². The molecule has 0 radical (unpaired) electrons. The second kappa shape index (κ2) is 7.76. The summed E-state index contributed by atoms with van der Waals surface area (Å²) in [5, 5.41) is 14.4. The Morgan fingerprint density at radius 3 is 2.63 bits per heavy atom. The second-order valence-corrected chi connectivity index (χ2v) is 4.42. The van der Waals surface area contributed by atoms with E-state index in [-0.39, 0.29) is 25.1 Å². The minimum atomic E-state index is -0.405. The minimum Gasteiger partial charge on any atom is -0.394 e. The first kappa shape index (κ1) is 15.5. The van der Waals surface area contributed by atoms with Gasteiger partial charge in [0.05, 0.1) is 29.8 Å². The summed E-state index contributed by atoms with van der Waals surface area (Å²) >= 11 is 5.87. The highest BCUT2D eigenvalue weighted by Gasteiger charge is 2.12. The van der Waals surface area contributed by atoms with Crippen LogP contribution in [-0.4, -0.2) is 36.1 Å². The van der Waals surface area contributed by atoms with Gasteiger partial charge in [-0.2, -0.15) is 0 Å². The summed E-state index contributed by atoms with van der Waals surface area (Å²) in [4.78, 5) is 23.3. The highest BCUT2D eigenvalue weighted by Crippen LogP contribution is 2.14. The van der Waals surface area contributed by atoms with Crippen molar-refractivity contribution >= 4 is 23.4 Å². The molecule has 3 N–H and O–H groups in total. The van der Waals surface area contributed by atoms with Gasteiger partial charge in [-0.1, -0.05) is 30.7 Å². The Balaban J connectivity index is 2.47. The zero-order chi connectivity index (χ0) is 14.3. The second-order valence-electron chi connectivity index (χ2n) is 4.02. The highest BCUT2D eigenvalue weighted by molar-refractivity contribution is 6.33. The number of hydrogen-bond acceptors (Lipinski definition) is 3. The van der Waals surface area contributed by atoms with Crippen LogP contribution in [0.3, 0.4) is 0 Å². The first-order valence-electron chi connectivity index (χ1n) is 6.01. The lowest BCUT2D eigenvalue weighted by atomic mass is 10.2. The zero-order valence-electron chi connectivity index (χ0n) is 10.6. The number of aliphatic hydroxyl groups excluding tert-OH is 1. The van der Waals surface area contributed by atoms with Crippen molar-refractivity contribution in [3.63, 3.8) is 0 Å². The van der Waals surface area contributed by atoms with Crippen molar-refractivity contribution in [3.8, 4) is 0 Å². The van der Waals surface area contributed by atoms with Crippen LogP contribution in [0.15, 0.2) is 24.3 Å². The molecule has 5 nitrogen and oxygen atoms in total. The lowest BCUT2D eigenvalue weighted by molar-refractivity contribution is -0.121. The predicted octanol–water partition coefficient (Wildman–Crippen LogP) is 0.957. The van der Waals surface area contributed by atoms with Gasteiger partial charge in [0.1, 0.15) is 0 Å². The normalized spacial score (nSPS) is 11.7. The zero-order valence-corrected chi connectivity index (χ0v) is 11.4. The fourth-order valence-electron chi connectivity index (χ4n) is 1.46. The number of benzene rings is 1. The molecule has 0 aliphatic carbocycles. The molecule has 0 saturated heterocycles. The van der Waals surface area contributed by atoms with Gasteiger partial charge in [0.25, 0.3) is 5.91 Å². The van der Waals surface area contributed by atoms with Gasteiger partial charge >= 0.3 is 0 Å². The summed E-state index contributed by atoms with van der Waals surface area (Å²) in [6.45, 7) is 1.57. The molecule has 0 saturated carbocycles. The number of aliphatic hydroxyl groups is 1. The molecule has 104 valence electrons. The van der Waals surface area contributed by atoms with Crippen molar-refractivity contribution in [1.82, 2.24) is 10.6 Å². The van der Waals surface area contributed by atoms with Gasteiger partial charge in [-0.3, -0.25) is 9.59 Å². The number of amides is 2. The van der Waals surface area contributed by atoms with Crippen LogP contribution in [0.1, 0.15) is 23.7 Å². The van der Waals surface area contributed by atoms with Gasteiger partial charge in [0, 0.05) is 0 Å². The Morgan fingerprint density at radius 1 is 1.37 bits per heavy atom. The smallest absolute Gasteiger partial charge is 0.253 e. The van der Waals surface area contributed by atoms with E-state index in [2.05, 4.69) is 10.6 Å². The summed E-state index contributed by atoms with van der Waals surface area (Å²) in [7, 11) is 0. The molecule has 1 rings (SSSR count). The molecular formula is C13H17ClN2O3. The molecule has 6 heteroatoms. The van der Waals surface area contributed by atoms with Gasteiger partial charge in [-0.25, -0.2) is 0 Å². The standard InChI is InChI=1S/C13H17ClN2O3/c1-2-9(8-17)16-12(18)7-15-13(19)10-5-3-4-6-11(10)14/h3-6,9,17H,2,7-8H2,1H3,(H,15,19)(H,16,18). The Morgan fingerprint density at radius 2 is 2.05 bits per heavy atom. The molecular weight excluding hydrogens is 268 g/mol. The number of carbonyl (C=O) groups excluding carboxylic acids is 2. The van der Waals surface area contributed by atoms with Crippen molar-refractivity contribution in [2.24, 2.45) is 0 Å². The van der Waals surface area contributed by atoms with Crippen LogP contribution in [-0.2, 0) is 4.79 Å². The maximum atomic E-state index is 11.8. The van der Waals surface area contributed by atoms with Crippen LogP contribution in [0.5, 0.6) is 0 Å². The Labute approximate surface area is 117 Å². The monoisotopic (exact) mass is 284 g/mol. The van der Waals surface area contributed by atoms with Gasteiger partial charge in [-0.05, 0) is 18.6 Å². The molecule has 0 spiro atoms. The van der Waals surface area contributed by atoms with Crippen LogP contribution >= 0.6 is 11.6 Å². The number of halogens is 1. The highest BCUT2D eigenvalue weighted by atomic mass is 35.5. The average Bonchev–Trinajstić information content (AvgIpc) is 2.42. The quantitative estimate of drug-likeness (QED) is 0.728. The molecule has 0 heterocycles. The fraction of sp³-hybridized carbons (Fsp3) is 0.385. The molecule has 1 aromatic rings. The summed E-state index contributed by atoms with van der Waals surface area (Å²) in [5.41, 5.74) is 0.325. The van der Waals surface area contributed by atoms with E-state index < -0.39 is 5.91 Å². The van der Waals surface area contributed by atoms with Crippen molar-refractivity contribution in [1.29, 1.82) is 0 Å². The fourth-order valence-corrected chi connectivity index (χ4v) is 1.68. The van der Waals surface area contributed by atoms with Gasteiger partial charge in [0.2, 0.25) is 5.91 Å². The van der Waals surface area contributed by atoms with Crippen LogP contribution in [0, 0.1) is 0 Å². The number of nitrogens with one attached hydrogen (secondary N) is 2. The molecule has 2 amide bonds. The third-order valence-electron chi connectivity index (χ3n) is 2.61. The van der Waals surface area contributed by atoms with E-state index in [1.807, 2.05) is 6.92 Å². The molecule has 1 unspecified atom stereocenters. The van der Waals surface area contributed by atoms with Crippen molar-refractivity contribution in [3.05, 3.63) is 34.9 Å². The Hall–Kier alpha value is -1.59. The van der Waals surface area contributed by atoms with Crippen LogP contribution < -0.4 is 10.6 Å². The largest absolute Gasteiger partial charge is 0.394 e. The molecule has 1 atom stereocenters. The number of hydrogen-bond donors (Lipinski definition) is 3. The maximum Gasteiger partial charge on any atom is 0.253 e. The number of rotatable bonds is 6. The molecule has 0 aromatic heterocycles. The SMILES string of the molecule is CCC(CO)NC(=O)CNC(=O)c1ccccc1Cl. The molecule has 19 heavy (non-hydrogen) atoms. The summed E-state index contributed by atoms with van der Waals surface area (Å²) in [6.07, 6.45) is 0.626. The summed E-state index contributed by atoms with van der Waals surface area (Å²) in [6, 6.07) is 6.32. The lowest BCUT2D eigenvalue weighted by Gasteiger charge is -2.14. The van der Waals surface area contributed by atoms with E-state index in [0.717, 1.165) is 0 Å². The van der Waals surface area contributed by atoms with E-state index in [9.17, 15) is 9.59 Å². The van der Waals surface area contributed by atoms with Crippen molar-refractivity contribution in [2.45, 2.75) is 19.4 Å². The minimum absolute atomic E-state index is 0.124. The molecule has 0 bridgehead atoms.